The average molecular weight is 703 g/mol. The molecule has 0 radical (unpaired) electrons. The Morgan fingerprint density at radius 1 is 0.315 bits per heavy atom. The van der Waals surface area contributed by atoms with Gasteiger partial charge in [0.1, 0.15) is 11.2 Å². The van der Waals surface area contributed by atoms with Gasteiger partial charge in [0.05, 0.1) is 0 Å². The van der Waals surface area contributed by atoms with Crippen LogP contribution in [-0.4, -0.2) is 0 Å². The number of furan rings is 1. The van der Waals surface area contributed by atoms with E-state index in [4.69, 9.17) is 4.42 Å². The van der Waals surface area contributed by atoms with Crippen molar-refractivity contribution >= 4 is 96.5 Å². The molecular weight excluding hydrogens is 673 g/mol. The van der Waals surface area contributed by atoms with Gasteiger partial charge in [-0.15, -0.1) is 11.3 Å². The number of fused-ring (bicyclic) bond motifs is 12. The lowest BCUT2D eigenvalue weighted by Crippen LogP contribution is -1.92. The van der Waals surface area contributed by atoms with E-state index >= 15 is 0 Å². The quantitative estimate of drug-likeness (QED) is 0.167. The zero-order valence-electron chi connectivity index (χ0n) is 29.1. The van der Waals surface area contributed by atoms with Crippen LogP contribution < -0.4 is 0 Å². The van der Waals surface area contributed by atoms with Gasteiger partial charge in [0.2, 0.25) is 0 Å². The van der Waals surface area contributed by atoms with Crippen molar-refractivity contribution in [3.05, 3.63) is 182 Å². The minimum atomic E-state index is 0.933. The molecule has 1 nitrogen and oxygen atoms in total. The molecule has 0 amide bonds. The fraction of sp³-hybridized carbons (Fsp3) is 0. The first-order valence-corrected chi connectivity index (χ1v) is 19.3. The van der Waals surface area contributed by atoms with Crippen molar-refractivity contribution < 1.29 is 4.42 Å². The zero-order valence-corrected chi connectivity index (χ0v) is 30.0. The second-order valence-corrected chi connectivity index (χ2v) is 15.4. The van der Waals surface area contributed by atoms with Crippen molar-refractivity contribution in [1.82, 2.24) is 0 Å². The van der Waals surface area contributed by atoms with Gasteiger partial charge in [-0.05, 0) is 107 Å². The Kier molecular flexibility index (Phi) is 6.28. The van der Waals surface area contributed by atoms with Crippen LogP contribution in [0.2, 0.25) is 0 Å². The maximum absolute atomic E-state index is 6.36. The highest BCUT2D eigenvalue weighted by atomic mass is 32.1. The number of hydrogen-bond acceptors (Lipinski definition) is 2. The van der Waals surface area contributed by atoms with E-state index in [0.29, 0.717) is 0 Å². The summed E-state index contributed by atoms with van der Waals surface area (Å²) >= 11 is 1.87. The standard InChI is InChI=1S/C52H30OS/c1-2-17-34-31(13-1)14-12-25-36(34)49-40-22-7-5-20-38(40)48(39-21-6-8-23-41(39)49)33-16-11-15-32(29-33)43-30-47-51(37-19-4-3-18-35(37)43)52-46(54-47)28-27-45-50(52)42-24-9-10-26-44(42)53-45/h1-30H. The monoisotopic (exact) mass is 702 g/mol. The fourth-order valence-corrected chi connectivity index (χ4v) is 10.4. The molecule has 0 saturated carbocycles. The molecule has 0 aliphatic carbocycles. The normalized spacial score (nSPS) is 12.1. The summed E-state index contributed by atoms with van der Waals surface area (Å²) in [4.78, 5) is 0. The largest absolute Gasteiger partial charge is 0.456 e. The first-order chi connectivity index (χ1) is 26.8. The molecule has 54 heavy (non-hydrogen) atoms. The highest BCUT2D eigenvalue weighted by Gasteiger charge is 2.21. The highest BCUT2D eigenvalue weighted by Crippen LogP contribution is 2.49. The maximum atomic E-state index is 6.36. The first-order valence-electron chi connectivity index (χ1n) is 18.5. The van der Waals surface area contributed by atoms with Crippen molar-refractivity contribution in [1.29, 1.82) is 0 Å². The predicted molar refractivity (Wildman–Crippen MR) is 233 cm³/mol. The molecule has 10 aromatic carbocycles. The molecule has 2 heterocycles. The Hall–Kier alpha value is -6.74. The summed E-state index contributed by atoms with van der Waals surface area (Å²) in [5.41, 5.74) is 9.39. The fourth-order valence-electron chi connectivity index (χ4n) is 9.19. The Morgan fingerprint density at radius 2 is 0.907 bits per heavy atom. The van der Waals surface area contributed by atoms with Gasteiger partial charge >= 0.3 is 0 Å². The van der Waals surface area contributed by atoms with E-state index in [9.17, 15) is 0 Å². The molecule has 0 fully saturated rings. The van der Waals surface area contributed by atoms with Crippen LogP contribution in [0.15, 0.2) is 186 Å². The van der Waals surface area contributed by atoms with Crippen LogP contribution >= 0.6 is 11.3 Å². The highest BCUT2D eigenvalue weighted by molar-refractivity contribution is 7.26. The lowest BCUT2D eigenvalue weighted by Gasteiger charge is -2.19. The summed E-state index contributed by atoms with van der Waals surface area (Å²) in [6.45, 7) is 0. The van der Waals surface area contributed by atoms with Crippen molar-refractivity contribution in [2.75, 3.05) is 0 Å². The maximum Gasteiger partial charge on any atom is 0.136 e. The molecule has 0 bridgehead atoms. The molecular formula is C52H30OS. The van der Waals surface area contributed by atoms with Gasteiger partial charge in [0.25, 0.3) is 0 Å². The third-order valence-corrected chi connectivity index (χ3v) is 12.5. The number of para-hydroxylation sites is 1. The van der Waals surface area contributed by atoms with Crippen LogP contribution in [0.5, 0.6) is 0 Å². The third kappa shape index (κ3) is 4.20. The molecule has 12 aromatic rings. The zero-order chi connectivity index (χ0) is 35.3. The Bertz CT molecular complexity index is 3450. The second-order valence-electron chi connectivity index (χ2n) is 14.3. The number of thiophene rings is 1. The van der Waals surface area contributed by atoms with E-state index in [1.807, 2.05) is 11.3 Å². The van der Waals surface area contributed by atoms with E-state index in [0.717, 1.165) is 11.2 Å². The van der Waals surface area contributed by atoms with Crippen LogP contribution in [0, 0.1) is 0 Å². The van der Waals surface area contributed by atoms with E-state index in [-0.39, 0.29) is 0 Å². The Labute approximate surface area is 314 Å². The van der Waals surface area contributed by atoms with Crippen LogP contribution in [0.25, 0.3) is 119 Å². The van der Waals surface area contributed by atoms with Gasteiger partial charge in [-0.25, -0.2) is 0 Å². The molecule has 2 aromatic heterocycles. The number of benzene rings is 10. The molecule has 12 rings (SSSR count). The summed E-state index contributed by atoms with van der Waals surface area (Å²) in [5.74, 6) is 0. The van der Waals surface area contributed by atoms with E-state index in [1.165, 1.54) is 107 Å². The van der Waals surface area contributed by atoms with E-state index < -0.39 is 0 Å². The van der Waals surface area contributed by atoms with Crippen LogP contribution in [0.3, 0.4) is 0 Å². The smallest absolute Gasteiger partial charge is 0.136 e. The van der Waals surface area contributed by atoms with E-state index in [2.05, 4.69) is 182 Å². The molecule has 0 atom stereocenters. The topological polar surface area (TPSA) is 13.1 Å². The van der Waals surface area contributed by atoms with Crippen molar-refractivity contribution in [2.24, 2.45) is 0 Å². The SMILES string of the molecule is c1cc(-c2c3ccccc3c(-c3cccc4ccccc34)c3ccccc23)cc(-c2cc3sc4ccc5oc6ccccc6c5c4c3c3ccccc23)c1. The summed E-state index contributed by atoms with van der Waals surface area (Å²) in [6.07, 6.45) is 0. The minimum Gasteiger partial charge on any atom is -0.456 e. The van der Waals surface area contributed by atoms with Crippen LogP contribution in [-0.2, 0) is 0 Å². The van der Waals surface area contributed by atoms with Crippen LogP contribution in [0.1, 0.15) is 0 Å². The third-order valence-electron chi connectivity index (χ3n) is 11.4. The molecule has 0 N–H and O–H groups in total. The molecule has 0 aliphatic heterocycles. The van der Waals surface area contributed by atoms with Gasteiger partial charge < -0.3 is 4.42 Å². The molecule has 250 valence electrons. The minimum absolute atomic E-state index is 0.933. The lowest BCUT2D eigenvalue weighted by atomic mass is 9.84. The van der Waals surface area contributed by atoms with Crippen molar-refractivity contribution in [3.63, 3.8) is 0 Å². The molecule has 0 saturated heterocycles. The molecule has 2 heteroatoms. The Morgan fingerprint density at radius 3 is 1.69 bits per heavy atom. The molecule has 0 unspecified atom stereocenters. The molecule has 0 aliphatic rings. The first kappa shape index (κ1) is 29.8. The number of hydrogen-bond donors (Lipinski definition) is 0. The van der Waals surface area contributed by atoms with Gasteiger partial charge in [-0.3, -0.25) is 0 Å². The summed E-state index contributed by atoms with van der Waals surface area (Å²) in [7, 11) is 0. The van der Waals surface area contributed by atoms with Crippen molar-refractivity contribution in [3.8, 4) is 33.4 Å². The van der Waals surface area contributed by atoms with Gasteiger partial charge in [0, 0.05) is 30.9 Å². The van der Waals surface area contributed by atoms with Gasteiger partial charge in [0.15, 0.2) is 0 Å². The molecule has 0 spiro atoms. The van der Waals surface area contributed by atoms with Gasteiger partial charge in [-0.2, -0.15) is 0 Å². The summed E-state index contributed by atoms with van der Waals surface area (Å²) in [5, 5.41) is 15.1. The predicted octanol–water partition coefficient (Wildman–Crippen LogP) is 15.6. The van der Waals surface area contributed by atoms with E-state index in [1.54, 1.807) is 0 Å². The summed E-state index contributed by atoms with van der Waals surface area (Å²) in [6, 6.07) is 66.7. The van der Waals surface area contributed by atoms with Gasteiger partial charge in [-0.1, -0.05) is 152 Å². The van der Waals surface area contributed by atoms with Crippen LogP contribution in [0.4, 0.5) is 0 Å². The average Bonchev–Trinajstić information content (AvgIpc) is 3.81. The Balaban J connectivity index is 1.12. The summed E-state index contributed by atoms with van der Waals surface area (Å²) < 4.78 is 8.93. The number of rotatable bonds is 3. The lowest BCUT2D eigenvalue weighted by molar-refractivity contribution is 0.669. The second kappa shape index (κ2) is 11.4. The van der Waals surface area contributed by atoms with Crippen molar-refractivity contribution in [2.45, 2.75) is 0 Å².